The van der Waals surface area contributed by atoms with E-state index in [0.717, 1.165) is 5.69 Å². The van der Waals surface area contributed by atoms with E-state index in [-0.39, 0.29) is 11.2 Å². The van der Waals surface area contributed by atoms with Gasteiger partial charge in [-0.2, -0.15) is 0 Å². The zero-order valence-electron chi connectivity index (χ0n) is 8.34. The molecule has 0 aliphatic carbocycles. The largest absolute Gasteiger partial charge is 0.393 e. The number of aromatic nitrogens is 2. The van der Waals surface area contributed by atoms with Crippen molar-refractivity contribution in [1.82, 2.24) is 9.55 Å². The molecule has 76 valence electrons. The van der Waals surface area contributed by atoms with Crippen molar-refractivity contribution in [2.45, 2.75) is 6.92 Å². The average molecular weight is 201 g/mol. The summed E-state index contributed by atoms with van der Waals surface area (Å²) in [5.41, 5.74) is 6.92. The van der Waals surface area contributed by atoms with Crippen LogP contribution in [0.2, 0.25) is 0 Å². The average Bonchev–Trinajstić information content (AvgIpc) is 2.27. The van der Waals surface area contributed by atoms with Crippen molar-refractivity contribution in [3.05, 3.63) is 52.7 Å². The third-order valence-corrected chi connectivity index (χ3v) is 2.24. The number of hydrogen-bond acceptors (Lipinski definition) is 3. The predicted octanol–water partition coefficient (Wildman–Crippen LogP) is 1.12. The van der Waals surface area contributed by atoms with Crippen LogP contribution in [0.15, 0.2) is 41.5 Å². The number of para-hydroxylation sites is 1. The van der Waals surface area contributed by atoms with Crippen LogP contribution in [0.1, 0.15) is 5.69 Å². The lowest BCUT2D eigenvalue weighted by molar-refractivity contribution is 0.923. The van der Waals surface area contributed by atoms with Gasteiger partial charge in [-0.05, 0) is 19.1 Å². The third-order valence-electron chi connectivity index (χ3n) is 2.24. The monoisotopic (exact) mass is 201 g/mol. The van der Waals surface area contributed by atoms with Crippen LogP contribution in [0.3, 0.4) is 0 Å². The molecule has 0 amide bonds. The van der Waals surface area contributed by atoms with Gasteiger partial charge < -0.3 is 5.73 Å². The minimum atomic E-state index is -0.228. The number of anilines is 1. The first kappa shape index (κ1) is 9.45. The molecule has 0 saturated carbocycles. The number of aryl methyl sites for hydroxylation is 1. The van der Waals surface area contributed by atoms with E-state index in [1.54, 1.807) is 6.92 Å². The number of hydrogen-bond donors (Lipinski definition) is 1. The zero-order chi connectivity index (χ0) is 10.8. The molecule has 2 rings (SSSR count). The summed E-state index contributed by atoms with van der Waals surface area (Å²) in [4.78, 5) is 15.8. The number of benzene rings is 1. The van der Waals surface area contributed by atoms with Gasteiger partial charge in [0.2, 0.25) is 0 Å². The molecular weight excluding hydrogens is 190 g/mol. The summed E-state index contributed by atoms with van der Waals surface area (Å²) in [5, 5.41) is 0. The molecule has 1 heterocycles. The van der Waals surface area contributed by atoms with Crippen LogP contribution in [0.5, 0.6) is 0 Å². The maximum Gasteiger partial charge on any atom is 0.281 e. The normalized spacial score (nSPS) is 10.2. The fourth-order valence-corrected chi connectivity index (χ4v) is 1.32. The zero-order valence-corrected chi connectivity index (χ0v) is 8.34. The van der Waals surface area contributed by atoms with Crippen molar-refractivity contribution in [2.24, 2.45) is 0 Å². The van der Waals surface area contributed by atoms with E-state index in [0.29, 0.717) is 5.69 Å². The summed E-state index contributed by atoms with van der Waals surface area (Å²) in [6.45, 7) is 1.71. The predicted molar refractivity (Wildman–Crippen MR) is 59.0 cm³/mol. The van der Waals surface area contributed by atoms with Crippen LogP contribution in [-0.2, 0) is 0 Å². The second-order valence-electron chi connectivity index (χ2n) is 3.25. The molecule has 15 heavy (non-hydrogen) atoms. The second kappa shape index (κ2) is 3.57. The smallest absolute Gasteiger partial charge is 0.281 e. The molecule has 0 atom stereocenters. The fourth-order valence-electron chi connectivity index (χ4n) is 1.32. The quantitative estimate of drug-likeness (QED) is 0.752. The summed E-state index contributed by atoms with van der Waals surface area (Å²) in [6, 6.07) is 9.27. The van der Waals surface area contributed by atoms with E-state index in [2.05, 4.69) is 4.98 Å². The van der Waals surface area contributed by atoms with Gasteiger partial charge in [0.05, 0.1) is 11.4 Å². The Morgan fingerprint density at radius 2 is 1.93 bits per heavy atom. The van der Waals surface area contributed by atoms with Gasteiger partial charge in [0.25, 0.3) is 5.56 Å². The Labute approximate surface area is 87.0 Å². The van der Waals surface area contributed by atoms with E-state index >= 15 is 0 Å². The van der Waals surface area contributed by atoms with Gasteiger partial charge in [0.1, 0.15) is 12.0 Å². The maximum atomic E-state index is 11.8. The molecule has 0 unspecified atom stereocenters. The fraction of sp³-hybridized carbons (Fsp3) is 0.0909. The maximum absolute atomic E-state index is 11.8. The summed E-state index contributed by atoms with van der Waals surface area (Å²) < 4.78 is 1.43. The van der Waals surface area contributed by atoms with Crippen LogP contribution >= 0.6 is 0 Å². The SMILES string of the molecule is Cc1ncn(-c2ccccc2)c(=O)c1N. The Morgan fingerprint density at radius 1 is 1.27 bits per heavy atom. The standard InChI is InChI=1S/C11H11N3O/c1-8-10(12)11(15)14(7-13-8)9-5-3-2-4-6-9/h2-7H,12H2,1H3. The molecule has 4 heteroatoms. The molecule has 0 spiro atoms. The lowest BCUT2D eigenvalue weighted by atomic mass is 10.3. The number of nitrogens with two attached hydrogens (primary N) is 1. The molecule has 0 fully saturated rings. The van der Waals surface area contributed by atoms with Gasteiger partial charge in [0, 0.05) is 0 Å². The molecule has 0 bridgehead atoms. The van der Waals surface area contributed by atoms with Crippen LogP contribution in [-0.4, -0.2) is 9.55 Å². The highest BCUT2D eigenvalue weighted by Gasteiger charge is 2.05. The molecule has 1 aromatic carbocycles. The van der Waals surface area contributed by atoms with E-state index < -0.39 is 0 Å². The summed E-state index contributed by atoms with van der Waals surface area (Å²) >= 11 is 0. The molecule has 1 aromatic heterocycles. The highest BCUT2D eigenvalue weighted by Crippen LogP contribution is 2.05. The lowest BCUT2D eigenvalue weighted by Crippen LogP contribution is -2.23. The molecule has 2 N–H and O–H groups in total. The third kappa shape index (κ3) is 1.61. The Balaban J connectivity index is 2.66. The number of nitrogens with zero attached hydrogens (tertiary/aromatic N) is 2. The van der Waals surface area contributed by atoms with Crippen molar-refractivity contribution in [2.75, 3.05) is 5.73 Å². The highest BCUT2D eigenvalue weighted by molar-refractivity contribution is 5.42. The van der Waals surface area contributed by atoms with Gasteiger partial charge in [0.15, 0.2) is 0 Å². The van der Waals surface area contributed by atoms with Gasteiger partial charge in [-0.15, -0.1) is 0 Å². The van der Waals surface area contributed by atoms with Gasteiger partial charge in [-0.1, -0.05) is 18.2 Å². The summed E-state index contributed by atoms with van der Waals surface area (Å²) in [7, 11) is 0. The Bertz CT molecular complexity index is 531. The van der Waals surface area contributed by atoms with Crippen molar-refractivity contribution in [1.29, 1.82) is 0 Å². The molecule has 0 saturated heterocycles. The van der Waals surface area contributed by atoms with Crippen LogP contribution in [0, 0.1) is 6.92 Å². The van der Waals surface area contributed by atoms with Gasteiger partial charge in [-0.25, -0.2) is 4.98 Å². The highest BCUT2D eigenvalue weighted by atomic mass is 16.1. The molecule has 2 aromatic rings. The molecule has 4 nitrogen and oxygen atoms in total. The second-order valence-corrected chi connectivity index (χ2v) is 3.25. The van der Waals surface area contributed by atoms with Crippen molar-refractivity contribution in [3.8, 4) is 5.69 Å². The summed E-state index contributed by atoms with van der Waals surface area (Å²) in [5.74, 6) is 0. The van der Waals surface area contributed by atoms with E-state index in [9.17, 15) is 4.79 Å². The summed E-state index contributed by atoms with van der Waals surface area (Å²) in [6.07, 6.45) is 1.49. The van der Waals surface area contributed by atoms with Gasteiger partial charge in [-0.3, -0.25) is 9.36 Å². The molecule has 0 aliphatic rings. The molecule has 0 aliphatic heterocycles. The minimum absolute atomic E-state index is 0.196. The van der Waals surface area contributed by atoms with Crippen LogP contribution in [0.25, 0.3) is 5.69 Å². The minimum Gasteiger partial charge on any atom is -0.393 e. The number of rotatable bonds is 1. The van der Waals surface area contributed by atoms with E-state index in [1.165, 1.54) is 10.9 Å². The van der Waals surface area contributed by atoms with Crippen molar-refractivity contribution < 1.29 is 0 Å². The van der Waals surface area contributed by atoms with Crippen molar-refractivity contribution in [3.63, 3.8) is 0 Å². The first-order valence-electron chi connectivity index (χ1n) is 4.59. The lowest BCUT2D eigenvalue weighted by Gasteiger charge is -2.06. The first-order chi connectivity index (χ1) is 7.20. The van der Waals surface area contributed by atoms with E-state index in [1.807, 2.05) is 30.3 Å². The first-order valence-corrected chi connectivity index (χ1v) is 4.59. The Kier molecular flexibility index (Phi) is 2.25. The van der Waals surface area contributed by atoms with Gasteiger partial charge >= 0.3 is 0 Å². The molecule has 0 radical (unpaired) electrons. The number of nitrogen functional groups attached to an aromatic ring is 1. The van der Waals surface area contributed by atoms with Crippen LogP contribution in [0.4, 0.5) is 5.69 Å². The van der Waals surface area contributed by atoms with Crippen LogP contribution < -0.4 is 11.3 Å². The topological polar surface area (TPSA) is 60.9 Å². The van der Waals surface area contributed by atoms with Crippen molar-refractivity contribution >= 4 is 5.69 Å². The molecular formula is C11H11N3O. The Morgan fingerprint density at radius 3 is 2.60 bits per heavy atom. The van der Waals surface area contributed by atoms with E-state index in [4.69, 9.17) is 5.73 Å². The Hall–Kier alpha value is -2.10.